The lowest BCUT2D eigenvalue weighted by atomic mass is 9.83. The highest BCUT2D eigenvalue weighted by Gasteiger charge is 2.39. The van der Waals surface area contributed by atoms with E-state index < -0.39 is 0 Å². The van der Waals surface area contributed by atoms with Crippen molar-refractivity contribution in [1.29, 1.82) is 5.26 Å². The minimum atomic E-state index is 0.348. The zero-order valence-electron chi connectivity index (χ0n) is 19.4. The molecule has 1 unspecified atom stereocenters. The van der Waals surface area contributed by atoms with Gasteiger partial charge in [0, 0.05) is 67.1 Å². The molecule has 0 aliphatic carbocycles. The molecule has 4 aromatic heterocycles. The fourth-order valence-electron chi connectivity index (χ4n) is 5.75. The molecular weight excluding hydrogens is 426 g/mol. The van der Waals surface area contributed by atoms with E-state index >= 15 is 0 Å². The van der Waals surface area contributed by atoms with Crippen LogP contribution in [0.5, 0.6) is 0 Å². The third kappa shape index (κ3) is 3.44. The van der Waals surface area contributed by atoms with Crippen molar-refractivity contribution < 1.29 is 4.74 Å². The molecule has 8 nitrogen and oxygen atoms in total. The molecule has 2 aliphatic heterocycles. The maximum Gasteiger partial charge on any atom is 0.129 e. The second kappa shape index (κ2) is 8.26. The van der Waals surface area contributed by atoms with Gasteiger partial charge in [0.15, 0.2) is 0 Å². The third-order valence-corrected chi connectivity index (χ3v) is 7.36. The third-order valence-electron chi connectivity index (χ3n) is 7.36. The number of aryl methyl sites for hydroxylation is 1. The van der Waals surface area contributed by atoms with Crippen LogP contribution in [0.15, 0.2) is 49.2 Å². The number of aromatic nitrogens is 5. The second-order valence-electron chi connectivity index (χ2n) is 9.39. The normalized spacial score (nSPS) is 22.1. The van der Waals surface area contributed by atoms with Gasteiger partial charge in [-0.3, -0.25) is 4.68 Å². The molecule has 0 N–H and O–H groups in total. The average Bonchev–Trinajstić information content (AvgIpc) is 3.48. The lowest BCUT2D eigenvalue weighted by molar-refractivity contribution is 0.0459. The number of fused-ring (bicyclic) bond motifs is 3. The van der Waals surface area contributed by atoms with Crippen molar-refractivity contribution in [2.24, 2.45) is 7.05 Å². The number of nitriles is 1. The summed E-state index contributed by atoms with van der Waals surface area (Å²) >= 11 is 0. The van der Waals surface area contributed by atoms with E-state index in [0.29, 0.717) is 23.8 Å². The smallest absolute Gasteiger partial charge is 0.129 e. The molecule has 0 radical (unpaired) electrons. The van der Waals surface area contributed by atoms with Gasteiger partial charge >= 0.3 is 0 Å². The van der Waals surface area contributed by atoms with Gasteiger partial charge in [-0.2, -0.15) is 15.5 Å². The molecule has 34 heavy (non-hydrogen) atoms. The van der Waals surface area contributed by atoms with Crippen LogP contribution < -0.4 is 4.90 Å². The van der Waals surface area contributed by atoms with E-state index in [1.54, 1.807) is 15.4 Å². The van der Waals surface area contributed by atoms with Gasteiger partial charge < -0.3 is 9.64 Å². The number of pyridine rings is 2. The molecule has 8 heteroatoms. The van der Waals surface area contributed by atoms with E-state index in [1.807, 2.05) is 38.9 Å². The van der Waals surface area contributed by atoms with E-state index in [-0.39, 0.29) is 0 Å². The Kier molecular flexibility index (Phi) is 5.07. The summed E-state index contributed by atoms with van der Waals surface area (Å²) in [4.78, 5) is 7.44. The first-order valence-corrected chi connectivity index (χ1v) is 11.8. The Morgan fingerprint density at radius 2 is 1.82 bits per heavy atom. The van der Waals surface area contributed by atoms with Crippen molar-refractivity contribution in [3.63, 3.8) is 0 Å². The minimum Gasteiger partial charge on any atom is -0.381 e. The van der Waals surface area contributed by atoms with Crippen LogP contribution in [-0.4, -0.2) is 49.7 Å². The van der Waals surface area contributed by atoms with Crippen LogP contribution in [0.4, 0.5) is 5.82 Å². The maximum absolute atomic E-state index is 9.68. The summed E-state index contributed by atoms with van der Waals surface area (Å²) in [5.41, 5.74) is 5.23. The molecule has 3 atom stereocenters. The number of anilines is 1. The van der Waals surface area contributed by atoms with Crippen LogP contribution in [0, 0.1) is 11.3 Å². The lowest BCUT2D eigenvalue weighted by Gasteiger charge is -2.49. The van der Waals surface area contributed by atoms with Crippen LogP contribution in [0.1, 0.15) is 37.7 Å². The molecule has 6 heterocycles. The Morgan fingerprint density at radius 3 is 2.47 bits per heavy atom. The summed E-state index contributed by atoms with van der Waals surface area (Å²) in [6.45, 7) is 0. The number of rotatable bonds is 4. The summed E-state index contributed by atoms with van der Waals surface area (Å²) in [5.74, 6) is 1.03. The lowest BCUT2D eigenvalue weighted by Crippen LogP contribution is -2.54. The van der Waals surface area contributed by atoms with Crippen molar-refractivity contribution in [3.05, 3.63) is 54.7 Å². The van der Waals surface area contributed by atoms with E-state index in [9.17, 15) is 5.26 Å². The topological polar surface area (TPSA) is 84.3 Å². The quantitative estimate of drug-likeness (QED) is 0.460. The largest absolute Gasteiger partial charge is 0.381 e. The van der Waals surface area contributed by atoms with Crippen molar-refractivity contribution in [3.8, 4) is 28.3 Å². The SMILES string of the molecule is COC1C[C@H]2CCC[C@@H](C1)N2c1ccc(-c2cc(-c3cnn(C)c3)cn3ncc(C#N)c23)cn1. The highest BCUT2D eigenvalue weighted by molar-refractivity contribution is 5.87. The maximum atomic E-state index is 9.68. The highest BCUT2D eigenvalue weighted by atomic mass is 16.5. The molecule has 2 bridgehead atoms. The highest BCUT2D eigenvalue weighted by Crippen LogP contribution is 2.39. The fourth-order valence-corrected chi connectivity index (χ4v) is 5.75. The van der Waals surface area contributed by atoms with Crippen LogP contribution in [0.3, 0.4) is 0 Å². The molecule has 4 aromatic rings. The molecule has 0 aromatic carbocycles. The van der Waals surface area contributed by atoms with Gasteiger partial charge in [0.1, 0.15) is 11.9 Å². The number of hydrogen-bond acceptors (Lipinski definition) is 6. The van der Waals surface area contributed by atoms with Gasteiger partial charge in [-0.05, 0) is 50.3 Å². The number of ether oxygens (including phenoxy) is 1. The summed E-state index contributed by atoms with van der Waals surface area (Å²) in [6, 6.07) is 9.60. The van der Waals surface area contributed by atoms with Gasteiger partial charge in [0.25, 0.3) is 0 Å². The molecule has 2 fully saturated rings. The monoisotopic (exact) mass is 453 g/mol. The second-order valence-corrected chi connectivity index (χ2v) is 9.39. The predicted octanol–water partition coefficient (Wildman–Crippen LogP) is 4.20. The Bertz CT molecular complexity index is 1370. The van der Waals surface area contributed by atoms with Crippen LogP contribution in [-0.2, 0) is 11.8 Å². The first-order valence-electron chi connectivity index (χ1n) is 11.8. The number of hydrogen-bond donors (Lipinski definition) is 0. The minimum absolute atomic E-state index is 0.348. The predicted molar refractivity (Wildman–Crippen MR) is 129 cm³/mol. The Hall–Kier alpha value is -3.70. The van der Waals surface area contributed by atoms with E-state index in [4.69, 9.17) is 9.72 Å². The average molecular weight is 454 g/mol. The van der Waals surface area contributed by atoms with Crippen molar-refractivity contribution in [2.45, 2.75) is 50.3 Å². The van der Waals surface area contributed by atoms with Crippen molar-refractivity contribution in [1.82, 2.24) is 24.4 Å². The molecule has 2 saturated heterocycles. The molecule has 2 aliphatic rings. The molecule has 0 amide bonds. The zero-order valence-corrected chi connectivity index (χ0v) is 19.4. The van der Waals surface area contributed by atoms with Gasteiger partial charge in [0.05, 0.1) is 29.6 Å². The van der Waals surface area contributed by atoms with Crippen LogP contribution in [0.2, 0.25) is 0 Å². The number of nitrogens with zero attached hydrogens (tertiary/aromatic N) is 7. The molecule has 6 rings (SSSR count). The van der Waals surface area contributed by atoms with Crippen LogP contribution >= 0.6 is 0 Å². The Morgan fingerprint density at radius 1 is 1.00 bits per heavy atom. The standard InChI is InChI=1S/C26H27N7O/c1-31-15-20(14-29-31)18-8-24(26-19(11-27)13-30-32(26)16-18)17-6-7-25(28-12-17)33-21-4-3-5-22(33)10-23(9-21)34-2/h6-8,12-16,21-23H,3-5,9-10H2,1-2H3/t21-,22+,23?. The van der Waals surface area contributed by atoms with E-state index in [1.165, 1.54) is 19.3 Å². The zero-order chi connectivity index (χ0) is 23.2. The van der Waals surface area contributed by atoms with E-state index in [0.717, 1.165) is 46.4 Å². The van der Waals surface area contributed by atoms with Crippen LogP contribution in [0.25, 0.3) is 27.8 Å². The Balaban J connectivity index is 1.41. The fraction of sp³-hybridized carbons (Fsp3) is 0.385. The summed E-state index contributed by atoms with van der Waals surface area (Å²) in [7, 11) is 3.73. The van der Waals surface area contributed by atoms with Crippen molar-refractivity contribution >= 4 is 11.3 Å². The summed E-state index contributed by atoms with van der Waals surface area (Å²) in [5, 5.41) is 18.4. The van der Waals surface area contributed by atoms with Gasteiger partial charge in [-0.25, -0.2) is 9.50 Å². The van der Waals surface area contributed by atoms with Gasteiger partial charge in [-0.1, -0.05) is 0 Å². The molecule has 0 spiro atoms. The van der Waals surface area contributed by atoms with Gasteiger partial charge in [-0.15, -0.1) is 0 Å². The van der Waals surface area contributed by atoms with Crippen molar-refractivity contribution in [2.75, 3.05) is 12.0 Å². The number of piperidine rings is 2. The summed E-state index contributed by atoms with van der Waals surface area (Å²) < 4.78 is 9.27. The van der Waals surface area contributed by atoms with Gasteiger partial charge in [0.2, 0.25) is 0 Å². The summed E-state index contributed by atoms with van der Waals surface area (Å²) in [6.07, 6.45) is 15.4. The number of methoxy groups -OCH3 is 1. The molecule has 172 valence electrons. The van der Waals surface area contributed by atoms with E-state index in [2.05, 4.69) is 39.4 Å². The first-order chi connectivity index (χ1) is 16.6. The first kappa shape index (κ1) is 20.9. The molecular formula is C26H27N7O. The molecule has 0 saturated carbocycles. The Labute approximate surface area is 198 Å².